The fraction of sp³-hybridized carbons (Fsp3) is 0.353. The Kier molecular flexibility index (Phi) is 4.57. The number of benzene rings is 1. The number of ether oxygens (including phenoxy) is 1. The summed E-state index contributed by atoms with van der Waals surface area (Å²) in [5.41, 5.74) is 2.79. The summed E-state index contributed by atoms with van der Waals surface area (Å²) in [6.45, 7) is 3.16. The van der Waals surface area contributed by atoms with Gasteiger partial charge in [0.2, 0.25) is 0 Å². The second kappa shape index (κ2) is 6.60. The van der Waals surface area contributed by atoms with Crippen molar-refractivity contribution in [1.82, 2.24) is 4.90 Å². The van der Waals surface area contributed by atoms with Crippen molar-refractivity contribution in [1.29, 1.82) is 0 Å². The highest BCUT2D eigenvalue weighted by atomic mass is 32.1. The lowest BCUT2D eigenvalue weighted by Crippen LogP contribution is -2.46. The zero-order valence-electron chi connectivity index (χ0n) is 12.4. The van der Waals surface area contributed by atoms with Crippen LogP contribution in [-0.2, 0) is 4.74 Å². The summed E-state index contributed by atoms with van der Waals surface area (Å²) in [5, 5.41) is 14.1. The fourth-order valence-corrected chi connectivity index (χ4v) is 3.45. The van der Waals surface area contributed by atoms with Crippen LogP contribution in [0.4, 0.5) is 0 Å². The van der Waals surface area contributed by atoms with Gasteiger partial charge in [0.25, 0.3) is 5.91 Å². The lowest BCUT2D eigenvalue weighted by molar-refractivity contribution is 0.0520. The number of thiophene rings is 1. The zero-order valence-corrected chi connectivity index (χ0v) is 13.3. The van der Waals surface area contributed by atoms with Crippen LogP contribution in [0.3, 0.4) is 0 Å². The summed E-state index contributed by atoms with van der Waals surface area (Å²) in [7, 11) is 0. The molecule has 22 heavy (non-hydrogen) atoms. The molecule has 0 bridgehead atoms. The van der Waals surface area contributed by atoms with E-state index in [1.807, 2.05) is 42.6 Å². The number of amides is 1. The van der Waals surface area contributed by atoms with Gasteiger partial charge in [-0.2, -0.15) is 11.3 Å². The highest BCUT2D eigenvalue weighted by Gasteiger charge is 2.34. The van der Waals surface area contributed by atoms with Gasteiger partial charge in [0, 0.05) is 12.1 Å². The zero-order chi connectivity index (χ0) is 15.5. The first-order valence-electron chi connectivity index (χ1n) is 7.40. The summed E-state index contributed by atoms with van der Waals surface area (Å²) >= 11 is 1.64. The van der Waals surface area contributed by atoms with E-state index < -0.39 is 6.10 Å². The molecule has 5 heteroatoms. The van der Waals surface area contributed by atoms with E-state index in [-0.39, 0.29) is 11.9 Å². The molecular formula is C17H19NO3S. The first-order valence-corrected chi connectivity index (χ1v) is 8.34. The molecule has 0 radical (unpaired) electrons. The molecule has 0 aliphatic carbocycles. The highest BCUT2D eigenvalue weighted by molar-refractivity contribution is 7.08. The quantitative estimate of drug-likeness (QED) is 0.943. The number of likely N-dealkylation sites (N-methyl/N-ethyl adjacent to an activating group) is 1. The minimum Gasteiger partial charge on any atom is -0.388 e. The number of aliphatic hydroxyl groups is 1. The van der Waals surface area contributed by atoms with Crippen LogP contribution in [0.2, 0.25) is 0 Å². The molecule has 2 atom stereocenters. The minimum absolute atomic E-state index is 0.0610. The summed E-state index contributed by atoms with van der Waals surface area (Å²) in [4.78, 5) is 14.5. The first-order chi connectivity index (χ1) is 10.7. The van der Waals surface area contributed by atoms with Crippen LogP contribution in [0.5, 0.6) is 0 Å². The number of nitrogens with zero attached hydrogens (tertiary/aromatic N) is 1. The lowest BCUT2D eigenvalue weighted by atomic mass is 10.0. The van der Waals surface area contributed by atoms with Crippen LogP contribution in [0.1, 0.15) is 17.3 Å². The van der Waals surface area contributed by atoms with Crippen LogP contribution >= 0.6 is 11.3 Å². The van der Waals surface area contributed by atoms with Gasteiger partial charge < -0.3 is 14.7 Å². The third-order valence-corrected chi connectivity index (χ3v) is 4.67. The van der Waals surface area contributed by atoms with Crippen molar-refractivity contribution in [3.63, 3.8) is 0 Å². The summed E-state index contributed by atoms with van der Waals surface area (Å²) in [6, 6.07) is 9.42. The minimum atomic E-state index is -0.607. The number of aliphatic hydroxyl groups excluding tert-OH is 1. The van der Waals surface area contributed by atoms with Gasteiger partial charge in [-0.1, -0.05) is 12.1 Å². The standard InChI is InChI=1S/C17H19NO3S/c1-2-18(15-9-21-10-16(15)19)17(20)13-5-3-4-12(8-13)14-6-7-22-11-14/h3-8,11,15-16,19H,2,9-10H2,1H3/t15-,16-/m0/s1. The van der Waals surface area contributed by atoms with E-state index in [0.29, 0.717) is 25.3 Å². The van der Waals surface area contributed by atoms with Gasteiger partial charge in [-0.15, -0.1) is 0 Å². The van der Waals surface area contributed by atoms with Crippen LogP contribution in [0.15, 0.2) is 41.1 Å². The van der Waals surface area contributed by atoms with Crippen molar-refractivity contribution >= 4 is 17.2 Å². The number of rotatable bonds is 4. The monoisotopic (exact) mass is 317 g/mol. The predicted molar refractivity (Wildman–Crippen MR) is 87.1 cm³/mol. The van der Waals surface area contributed by atoms with E-state index in [1.54, 1.807) is 16.2 Å². The number of hydrogen-bond acceptors (Lipinski definition) is 4. The maximum absolute atomic E-state index is 12.8. The topological polar surface area (TPSA) is 49.8 Å². The largest absolute Gasteiger partial charge is 0.388 e. The molecular weight excluding hydrogens is 298 g/mol. The number of carbonyl (C=O) groups excluding carboxylic acids is 1. The predicted octanol–water partition coefficient (Wildman–Crippen LogP) is 2.64. The first kappa shape index (κ1) is 15.2. The van der Waals surface area contributed by atoms with Crippen LogP contribution < -0.4 is 0 Å². The molecule has 2 heterocycles. The second-order valence-corrected chi connectivity index (χ2v) is 6.14. The van der Waals surface area contributed by atoms with Crippen molar-refractivity contribution in [3.8, 4) is 11.1 Å². The molecule has 1 fully saturated rings. The van der Waals surface area contributed by atoms with Crippen molar-refractivity contribution in [2.24, 2.45) is 0 Å². The van der Waals surface area contributed by atoms with E-state index in [4.69, 9.17) is 4.74 Å². The van der Waals surface area contributed by atoms with Gasteiger partial charge in [-0.3, -0.25) is 4.79 Å². The average Bonchev–Trinajstić information content (AvgIpc) is 3.20. The molecule has 1 saturated heterocycles. The Hall–Kier alpha value is -1.69. The van der Waals surface area contributed by atoms with E-state index in [1.165, 1.54) is 0 Å². The smallest absolute Gasteiger partial charge is 0.254 e. The van der Waals surface area contributed by atoms with Crippen molar-refractivity contribution in [3.05, 3.63) is 46.7 Å². The number of carbonyl (C=O) groups is 1. The number of hydrogen-bond donors (Lipinski definition) is 1. The molecule has 0 spiro atoms. The summed E-state index contributed by atoms with van der Waals surface area (Å²) in [5.74, 6) is -0.0610. The lowest BCUT2D eigenvalue weighted by Gasteiger charge is -2.29. The van der Waals surface area contributed by atoms with Gasteiger partial charge in [0.05, 0.1) is 25.4 Å². The Bertz CT molecular complexity index is 641. The fourth-order valence-electron chi connectivity index (χ4n) is 2.78. The van der Waals surface area contributed by atoms with Crippen LogP contribution in [0.25, 0.3) is 11.1 Å². The van der Waals surface area contributed by atoms with E-state index in [2.05, 4.69) is 5.38 Å². The highest BCUT2D eigenvalue weighted by Crippen LogP contribution is 2.24. The summed E-state index contributed by atoms with van der Waals surface area (Å²) in [6.07, 6.45) is -0.607. The maximum Gasteiger partial charge on any atom is 0.254 e. The van der Waals surface area contributed by atoms with Crippen molar-refractivity contribution in [2.45, 2.75) is 19.1 Å². The third kappa shape index (κ3) is 2.92. The van der Waals surface area contributed by atoms with Gasteiger partial charge in [-0.25, -0.2) is 0 Å². The molecule has 2 aromatic rings. The van der Waals surface area contributed by atoms with Crippen molar-refractivity contribution in [2.75, 3.05) is 19.8 Å². The van der Waals surface area contributed by atoms with Gasteiger partial charge in [0.15, 0.2) is 0 Å². The molecule has 0 unspecified atom stereocenters. The molecule has 1 N–H and O–H groups in total. The molecule has 1 aliphatic rings. The Labute approximate surface area is 134 Å². The van der Waals surface area contributed by atoms with Gasteiger partial charge in [-0.05, 0) is 47.0 Å². The third-order valence-electron chi connectivity index (χ3n) is 3.99. The van der Waals surface area contributed by atoms with Crippen LogP contribution in [0, 0.1) is 0 Å². The Balaban J connectivity index is 1.86. The second-order valence-electron chi connectivity index (χ2n) is 5.36. The van der Waals surface area contributed by atoms with E-state index in [9.17, 15) is 9.90 Å². The normalized spacial score (nSPS) is 21.0. The Morgan fingerprint density at radius 3 is 2.86 bits per heavy atom. The molecule has 3 rings (SSSR count). The molecule has 1 aromatic carbocycles. The van der Waals surface area contributed by atoms with Gasteiger partial charge >= 0.3 is 0 Å². The van der Waals surface area contributed by atoms with E-state index >= 15 is 0 Å². The molecule has 1 amide bonds. The SMILES string of the molecule is CCN(C(=O)c1cccc(-c2ccsc2)c1)[C@H]1COC[C@@H]1O. The average molecular weight is 317 g/mol. The molecule has 0 saturated carbocycles. The van der Waals surface area contributed by atoms with Crippen LogP contribution in [-0.4, -0.2) is 47.8 Å². The van der Waals surface area contributed by atoms with Crippen molar-refractivity contribution < 1.29 is 14.6 Å². The Morgan fingerprint density at radius 1 is 1.36 bits per heavy atom. The van der Waals surface area contributed by atoms with Gasteiger partial charge in [0.1, 0.15) is 0 Å². The van der Waals surface area contributed by atoms with E-state index in [0.717, 1.165) is 11.1 Å². The summed E-state index contributed by atoms with van der Waals surface area (Å²) < 4.78 is 5.28. The molecule has 1 aromatic heterocycles. The molecule has 4 nitrogen and oxygen atoms in total. The molecule has 116 valence electrons. The molecule has 1 aliphatic heterocycles. The Morgan fingerprint density at radius 2 is 2.23 bits per heavy atom. The maximum atomic E-state index is 12.8.